The van der Waals surface area contributed by atoms with Crippen molar-refractivity contribution in [2.75, 3.05) is 59.1 Å². The molecule has 0 unspecified atom stereocenters. The third kappa shape index (κ3) is 8.83. The van der Waals surface area contributed by atoms with E-state index >= 15 is 0 Å². The molecule has 1 aromatic carbocycles. The molecule has 1 fully saturated rings. The monoisotopic (exact) mass is 507 g/mol. The molecule has 0 bridgehead atoms. The molecule has 8 heteroatoms. The van der Waals surface area contributed by atoms with Gasteiger partial charge in [0.15, 0.2) is 17.5 Å². The van der Waals surface area contributed by atoms with Crippen LogP contribution in [0.2, 0.25) is 0 Å². The second-order valence-corrected chi connectivity index (χ2v) is 6.41. The third-order valence-corrected chi connectivity index (χ3v) is 4.40. The Morgan fingerprint density at radius 2 is 2.04 bits per heavy atom. The highest BCUT2D eigenvalue weighted by molar-refractivity contribution is 14.0. The van der Waals surface area contributed by atoms with Gasteiger partial charge in [-0.15, -0.1) is 24.0 Å². The normalized spacial score (nSPS) is 14.9. The predicted octanol–water partition coefficient (Wildman–Crippen LogP) is 3.53. The van der Waals surface area contributed by atoms with Crippen LogP contribution in [0.15, 0.2) is 23.2 Å². The summed E-state index contributed by atoms with van der Waals surface area (Å²) in [5.74, 6) is 2.79. The molecule has 0 atom stereocenters. The Kier molecular flexibility index (Phi) is 13.0. The van der Waals surface area contributed by atoms with Gasteiger partial charge in [0.05, 0.1) is 13.7 Å². The van der Waals surface area contributed by atoms with Crippen LogP contribution >= 0.6 is 24.0 Å². The van der Waals surface area contributed by atoms with Gasteiger partial charge in [0.1, 0.15) is 0 Å². The van der Waals surface area contributed by atoms with Crippen molar-refractivity contribution in [2.45, 2.75) is 26.2 Å². The van der Waals surface area contributed by atoms with Crippen molar-refractivity contribution in [3.8, 4) is 11.5 Å². The van der Waals surface area contributed by atoms with Gasteiger partial charge in [0, 0.05) is 51.8 Å². The van der Waals surface area contributed by atoms with E-state index in [-0.39, 0.29) is 24.0 Å². The molecule has 2 rings (SSSR count). The van der Waals surface area contributed by atoms with E-state index in [4.69, 9.17) is 18.9 Å². The Hall–Kier alpha value is -1.26. The van der Waals surface area contributed by atoms with E-state index < -0.39 is 0 Å². The standard InChI is InChI=1S/C20H33N3O4.HI/c1-4-27-19-14-17(6-7-18(19)24-3)23-20(21-2)22-10-5-11-26-15-16-8-12-25-13-9-16;/h6-7,14,16H,4-5,8-13,15H2,1-3H3,(H2,21,22,23);1H. The van der Waals surface area contributed by atoms with E-state index in [9.17, 15) is 0 Å². The smallest absolute Gasteiger partial charge is 0.195 e. The molecule has 0 saturated carbocycles. The van der Waals surface area contributed by atoms with Gasteiger partial charge < -0.3 is 29.6 Å². The first kappa shape index (κ1) is 24.8. The van der Waals surface area contributed by atoms with Crippen LogP contribution in [0.1, 0.15) is 26.2 Å². The summed E-state index contributed by atoms with van der Waals surface area (Å²) in [4.78, 5) is 4.26. The van der Waals surface area contributed by atoms with Gasteiger partial charge in [-0.3, -0.25) is 4.99 Å². The van der Waals surface area contributed by atoms with Crippen molar-refractivity contribution >= 4 is 35.6 Å². The van der Waals surface area contributed by atoms with E-state index in [1.807, 2.05) is 25.1 Å². The average molecular weight is 507 g/mol. The Balaban J connectivity index is 0.00000392. The molecule has 2 N–H and O–H groups in total. The number of nitrogens with zero attached hydrogens (tertiary/aromatic N) is 1. The molecular formula is C20H34IN3O4. The van der Waals surface area contributed by atoms with Gasteiger partial charge in [-0.05, 0) is 44.2 Å². The molecule has 0 spiro atoms. The summed E-state index contributed by atoms with van der Waals surface area (Å²) in [6.07, 6.45) is 3.15. The SMILES string of the molecule is CCOc1cc(NC(=NC)NCCCOCC2CCOCC2)ccc1OC.I. The van der Waals surface area contributed by atoms with Gasteiger partial charge in [-0.2, -0.15) is 0 Å². The Labute approximate surface area is 185 Å². The summed E-state index contributed by atoms with van der Waals surface area (Å²) >= 11 is 0. The second-order valence-electron chi connectivity index (χ2n) is 6.41. The van der Waals surface area contributed by atoms with Crippen LogP contribution in [0.25, 0.3) is 0 Å². The average Bonchev–Trinajstić information content (AvgIpc) is 2.71. The Morgan fingerprint density at radius 1 is 1.25 bits per heavy atom. The van der Waals surface area contributed by atoms with E-state index in [2.05, 4.69) is 15.6 Å². The first-order chi connectivity index (χ1) is 13.3. The van der Waals surface area contributed by atoms with E-state index in [0.29, 0.717) is 30.0 Å². The summed E-state index contributed by atoms with van der Waals surface area (Å²) in [6.45, 7) is 6.65. The molecule has 160 valence electrons. The number of guanidine groups is 1. The molecule has 0 amide bonds. The lowest BCUT2D eigenvalue weighted by molar-refractivity contribution is 0.0203. The van der Waals surface area contributed by atoms with E-state index in [1.54, 1.807) is 14.2 Å². The van der Waals surface area contributed by atoms with Crippen molar-refractivity contribution in [1.82, 2.24) is 5.32 Å². The molecule has 0 aromatic heterocycles. The van der Waals surface area contributed by atoms with Crippen LogP contribution in [-0.2, 0) is 9.47 Å². The minimum absolute atomic E-state index is 0. The van der Waals surface area contributed by atoms with Crippen LogP contribution in [0.4, 0.5) is 5.69 Å². The quantitative estimate of drug-likeness (QED) is 0.219. The van der Waals surface area contributed by atoms with Gasteiger partial charge in [-0.1, -0.05) is 0 Å². The largest absolute Gasteiger partial charge is 0.493 e. The summed E-state index contributed by atoms with van der Waals surface area (Å²) in [5, 5.41) is 6.57. The number of hydrogen-bond donors (Lipinski definition) is 2. The van der Waals surface area contributed by atoms with Crippen LogP contribution in [0.3, 0.4) is 0 Å². The maximum absolute atomic E-state index is 5.79. The zero-order valence-electron chi connectivity index (χ0n) is 17.2. The fourth-order valence-corrected chi connectivity index (χ4v) is 2.88. The number of benzene rings is 1. The van der Waals surface area contributed by atoms with Crippen molar-refractivity contribution in [3.05, 3.63) is 18.2 Å². The number of anilines is 1. The number of nitrogens with one attached hydrogen (secondary N) is 2. The van der Waals surface area contributed by atoms with Gasteiger partial charge in [0.25, 0.3) is 0 Å². The first-order valence-electron chi connectivity index (χ1n) is 9.70. The fraction of sp³-hybridized carbons (Fsp3) is 0.650. The lowest BCUT2D eigenvalue weighted by Gasteiger charge is -2.21. The predicted molar refractivity (Wildman–Crippen MR) is 124 cm³/mol. The van der Waals surface area contributed by atoms with Crippen molar-refractivity contribution in [1.29, 1.82) is 0 Å². The molecule has 0 aliphatic carbocycles. The lowest BCUT2D eigenvalue weighted by Crippen LogP contribution is -2.32. The lowest BCUT2D eigenvalue weighted by atomic mass is 10.0. The highest BCUT2D eigenvalue weighted by Crippen LogP contribution is 2.30. The molecule has 1 heterocycles. The number of rotatable bonds is 10. The Morgan fingerprint density at radius 3 is 2.71 bits per heavy atom. The number of halogens is 1. The van der Waals surface area contributed by atoms with Crippen LogP contribution in [-0.4, -0.2) is 59.7 Å². The number of ether oxygens (including phenoxy) is 4. The van der Waals surface area contributed by atoms with E-state index in [1.165, 1.54) is 0 Å². The maximum atomic E-state index is 5.79. The van der Waals surface area contributed by atoms with E-state index in [0.717, 1.165) is 57.9 Å². The third-order valence-electron chi connectivity index (χ3n) is 4.40. The zero-order valence-corrected chi connectivity index (χ0v) is 19.5. The topological polar surface area (TPSA) is 73.3 Å². The first-order valence-corrected chi connectivity index (χ1v) is 9.70. The molecule has 1 aliphatic heterocycles. The summed E-state index contributed by atoms with van der Waals surface area (Å²) in [6, 6.07) is 5.72. The highest BCUT2D eigenvalue weighted by Gasteiger charge is 2.13. The molecule has 1 aromatic rings. The van der Waals surface area contributed by atoms with Crippen LogP contribution < -0.4 is 20.1 Å². The summed E-state index contributed by atoms with van der Waals surface area (Å²) < 4.78 is 22.1. The van der Waals surface area contributed by atoms with Gasteiger partial charge in [0.2, 0.25) is 0 Å². The van der Waals surface area contributed by atoms with Crippen molar-refractivity contribution < 1.29 is 18.9 Å². The highest BCUT2D eigenvalue weighted by atomic mass is 127. The van der Waals surface area contributed by atoms with Gasteiger partial charge in [-0.25, -0.2) is 0 Å². The van der Waals surface area contributed by atoms with Crippen LogP contribution in [0.5, 0.6) is 11.5 Å². The molecule has 0 radical (unpaired) electrons. The molecular weight excluding hydrogens is 473 g/mol. The number of aliphatic imine (C=N–C) groups is 1. The fourth-order valence-electron chi connectivity index (χ4n) is 2.88. The minimum atomic E-state index is 0. The van der Waals surface area contributed by atoms with Crippen molar-refractivity contribution in [2.24, 2.45) is 10.9 Å². The number of hydrogen-bond acceptors (Lipinski definition) is 5. The maximum Gasteiger partial charge on any atom is 0.195 e. The molecule has 1 saturated heterocycles. The van der Waals surface area contributed by atoms with Gasteiger partial charge >= 0.3 is 0 Å². The number of methoxy groups -OCH3 is 1. The molecule has 7 nitrogen and oxygen atoms in total. The van der Waals surface area contributed by atoms with Crippen molar-refractivity contribution in [3.63, 3.8) is 0 Å². The minimum Gasteiger partial charge on any atom is -0.493 e. The second kappa shape index (κ2) is 14.7. The Bertz CT molecular complexity index is 581. The van der Waals surface area contributed by atoms with Crippen LogP contribution in [0, 0.1) is 5.92 Å². The zero-order chi connectivity index (χ0) is 19.3. The molecule has 28 heavy (non-hydrogen) atoms. The molecule has 1 aliphatic rings. The summed E-state index contributed by atoms with van der Waals surface area (Å²) in [7, 11) is 3.39. The summed E-state index contributed by atoms with van der Waals surface area (Å²) in [5.41, 5.74) is 0.892.